The number of aromatic nitrogens is 2. The minimum Gasteiger partial charge on any atom is -0.353 e. The van der Waals surface area contributed by atoms with Crippen molar-refractivity contribution in [2.75, 3.05) is 0 Å². The third-order valence-corrected chi connectivity index (χ3v) is 6.95. The lowest BCUT2D eigenvalue weighted by Crippen LogP contribution is -2.47. The lowest BCUT2D eigenvalue weighted by atomic mass is 9.61. The van der Waals surface area contributed by atoms with Crippen molar-refractivity contribution in [2.24, 2.45) is 0 Å². The lowest BCUT2D eigenvalue weighted by molar-refractivity contribution is -0.0561. The summed E-state index contributed by atoms with van der Waals surface area (Å²) in [6.45, 7) is 3.74. The van der Waals surface area contributed by atoms with Gasteiger partial charge in [-0.1, -0.05) is 30.4 Å². The largest absolute Gasteiger partial charge is 0.618 e. The van der Waals surface area contributed by atoms with Gasteiger partial charge in [0.25, 0.3) is 0 Å². The third-order valence-electron chi connectivity index (χ3n) is 5.11. The Balaban J connectivity index is 1.50. The molecule has 1 saturated heterocycles. The van der Waals surface area contributed by atoms with Gasteiger partial charge in [0.15, 0.2) is 5.75 Å². The number of ether oxygens (including phenoxy) is 1. The van der Waals surface area contributed by atoms with Gasteiger partial charge in [-0.25, -0.2) is 4.79 Å². The topological polar surface area (TPSA) is 94.9 Å². The molecule has 4 radical (unpaired) electrons. The molecule has 154 valence electrons. The highest BCUT2D eigenvalue weighted by molar-refractivity contribution is 7.71. The second-order valence-electron chi connectivity index (χ2n) is 7.48. The fraction of sp³-hybridized carbons (Fsp3) is 0.444. The highest BCUT2D eigenvalue weighted by Gasteiger charge is 2.56. The maximum Gasteiger partial charge on any atom is 0.618 e. The van der Waals surface area contributed by atoms with Crippen LogP contribution < -0.4 is 10.2 Å². The minimum absolute atomic E-state index is 0.101. The van der Waals surface area contributed by atoms with E-state index in [-0.39, 0.29) is 6.61 Å². The van der Waals surface area contributed by atoms with Crippen LogP contribution in [-0.4, -0.2) is 41.6 Å². The summed E-state index contributed by atoms with van der Waals surface area (Å²) in [7, 11) is 8.48. The summed E-state index contributed by atoms with van der Waals surface area (Å²) in [5, 5.41) is -1.90. The van der Waals surface area contributed by atoms with Crippen molar-refractivity contribution in [1.82, 2.24) is 9.55 Å². The van der Waals surface area contributed by atoms with E-state index in [1.54, 1.807) is 13.1 Å². The first-order chi connectivity index (χ1) is 14.1. The molecular formula is C18H20B2N2O6PS+. The van der Waals surface area contributed by atoms with Crippen LogP contribution >= 0.6 is 20.4 Å². The van der Waals surface area contributed by atoms with Crippen molar-refractivity contribution < 1.29 is 23.2 Å². The molecule has 3 heterocycles. The highest BCUT2D eigenvalue weighted by Crippen LogP contribution is 2.64. The van der Waals surface area contributed by atoms with Crippen LogP contribution in [0.3, 0.4) is 0 Å². The quantitative estimate of drug-likeness (QED) is 0.425. The van der Waals surface area contributed by atoms with Gasteiger partial charge in [0.1, 0.15) is 33.2 Å². The van der Waals surface area contributed by atoms with Gasteiger partial charge in [0.2, 0.25) is 0 Å². The fourth-order valence-corrected chi connectivity index (χ4v) is 5.10. The van der Waals surface area contributed by atoms with Crippen molar-refractivity contribution in [3.8, 4) is 5.75 Å². The molecule has 30 heavy (non-hydrogen) atoms. The summed E-state index contributed by atoms with van der Waals surface area (Å²) >= 11 is 5.08. The van der Waals surface area contributed by atoms with Crippen LogP contribution in [-0.2, 0) is 20.4 Å². The van der Waals surface area contributed by atoms with Crippen LogP contribution in [0, 0.1) is 18.5 Å². The van der Waals surface area contributed by atoms with Crippen molar-refractivity contribution in [1.29, 1.82) is 0 Å². The summed E-state index contributed by atoms with van der Waals surface area (Å²) in [5.41, 5.74) is 1.95. The maximum atomic E-state index is 12.2. The van der Waals surface area contributed by atoms with E-state index >= 15 is 0 Å². The molecule has 3 atom stereocenters. The minimum atomic E-state index is -3.83. The Hall–Kier alpha value is -1.48. The number of para-hydroxylation sites is 1. The van der Waals surface area contributed by atoms with Gasteiger partial charge in [-0.2, -0.15) is 9.42 Å². The van der Waals surface area contributed by atoms with Gasteiger partial charge in [0.05, 0.1) is 11.5 Å². The number of aryl methyl sites for hydroxylation is 2. The van der Waals surface area contributed by atoms with Gasteiger partial charge in [-0.3, -0.25) is 14.1 Å². The number of nitrogens with zero attached hydrogens (tertiary/aromatic N) is 1. The monoisotopic (exact) mass is 445 g/mol. The Morgan fingerprint density at radius 1 is 1.33 bits per heavy atom. The molecule has 0 bridgehead atoms. The zero-order chi connectivity index (χ0) is 21.7. The van der Waals surface area contributed by atoms with Crippen LogP contribution in [0.15, 0.2) is 29.2 Å². The molecule has 0 saturated carbocycles. The number of nitrogens with one attached hydrogen (secondary N) is 1. The fourth-order valence-electron chi connectivity index (χ4n) is 3.51. The van der Waals surface area contributed by atoms with E-state index in [0.29, 0.717) is 23.2 Å². The van der Waals surface area contributed by atoms with E-state index in [9.17, 15) is 9.69 Å². The molecule has 0 amide bonds. The Bertz CT molecular complexity index is 1090. The molecule has 1 aromatic carbocycles. The molecule has 2 aliphatic heterocycles. The van der Waals surface area contributed by atoms with Gasteiger partial charge < -0.3 is 4.74 Å². The molecular weight excluding hydrogens is 425 g/mol. The summed E-state index contributed by atoms with van der Waals surface area (Å²) in [6, 6.07) is 5.55. The second-order valence-corrected chi connectivity index (χ2v) is 9.45. The number of H-pyrrole nitrogens is 1. The number of hydrogen-bond donors (Lipinski definition) is 2. The Morgan fingerprint density at radius 2 is 2.10 bits per heavy atom. The standard InChI is InChI=1S/C18H19B2N2O6PS/c1-10-4-3-5-12-9-25-29(24,27-15(10)12)28-18(19,20)13-6-7-14(26-13)22-8-11(2)16(30)21-17(22)23/h3-5,8,13-14,24H,6-7,9H2,1-2H3/p+1. The number of benzene rings is 1. The highest BCUT2D eigenvalue weighted by atomic mass is 32.1. The van der Waals surface area contributed by atoms with Crippen LogP contribution in [0.5, 0.6) is 5.75 Å². The molecule has 2 aliphatic rings. The van der Waals surface area contributed by atoms with Crippen molar-refractivity contribution >= 4 is 36.1 Å². The predicted octanol–water partition coefficient (Wildman–Crippen LogP) is 2.49. The molecule has 1 aromatic heterocycles. The zero-order valence-electron chi connectivity index (χ0n) is 16.5. The number of fused-ring (bicyclic) bond motifs is 1. The predicted molar refractivity (Wildman–Crippen MR) is 115 cm³/mol. The van der Waals surface area contributed by atoms with Gasteiger partial charge >= 0.3 is 13.9 Å². The summed E-state index contributed by atoms with van der Waals surface area (Å²) < 4.78 is 24.3. The van der Waals surface area contributed by atoms with Crippen LogP contribution in [0.4, 0.5) is 0 Å². The van der Waals surface area contributed by atoms with Crippen LogP contribution in [0.2, 0.25) is 0 Å². The third kappa shape index (κ3) is 4.15. The first-order valence-corrected chi connectivity index (χ1v) is 11.3. The van der Waals surface area contributed by atoms with Crippen LogP contribution in [0.25, 0.3) is 0 Å². The SMILES string of the molecule is [B]C([B])(O[P+]1(O)OCc2cccc(C)c2O1)C1CCC(n2cc(C)c(=S)[nH]c2=O)O1. The second kappa shape index (κ2) is 7.89. The van der Waals surface area contributed by atoms with Crippen LogP contribution in [0.1, 0.15) is 35.8 Å². The molecule has 2 aromatic rings. The molecule has 0 spiro atoms. The number of rotatable bonds is 4. The number of aromatic amines is 1. The average molecular weight is 445 g/mol. The Morgan fingerprint density at radius 3 is 2.87 bits per heavy atom. The zero-order valence-corrected chi connectivity index (χ0v) is 18.2. The first kappa shape index (κ1) is 21.7. The van der Waals surface area contributed by atoms with E-state index < -0.39 is 31.6 Å². The van der Waals surface area contributed by atoms with Gasteiger partial charge in [-0.15, -0.1) is 4.52 Å². The summed E-state index contributed by atoms with van der Waals surface area (Å²) in [4.78, 5) is 25.6. The lowest BCUT2D eigenvalue weighted by Gasteiger charge is -2.33. The van der Waals surface area contributed by atoms with Crippen molar-refractivity contribution in [2.45, 2.75) is 51.0 Å². The molecule has 1 fully saturated rings. The first-order valence-electron chi connectivity index (χ1n) is 9.38. The van der Waals surface area contributed by atoms with E-state index in [2.05, 4.69) is 4.98 Å². The summed E-state index contributed by atoms with van der Waals surface area (Å²) in [5.74, 6) is 0.488. The maximum absolute atomic E-state index is 12.2. The van der Waals surface area contributed by atoms with Crippen molar-refractivity contribution in [3.63, 3.8) is 0 Å². The Kier molecular flexibility index (Phi) is 5.72. The van der Waals surface area contributed by atoms with Crippen molar-refractivity contribution in [3.05, 3.63) is 56.2 Å². The molecule has 8 nitrogen and oxygen atoms in total. The smallest absolute Gasteiger partial charge is 0.353 e. The molecule has 0 aliphatic carbocycles. The molecule has 3 unspecified atom stereocenters. The average Bonchev–Trinajstić information content (AvgIpc) is 3.16. The Labute approximate surface area is 182 Å². The molecule has 2 N–H and O–H groups in total. The van der Waals surface area contributed by atoms with E-state index in [0.717, 1.165) is 16.7 Å². The van der Waals surface area contributed by atoms with E-state index in [1.807, 2.05) is 25.1 Å². The van der Waals surface area contributed by atoms with Gasteiger partial charge in [-0.05, 0) is 32.3 Å². The summed E-state index contributed by atoms with van der Waals surface area (Å²) in [6.07, 6.45) is 1.07. The van der Waals surface area contributed by atoms with Gasteiger partial charge in [0, 0.05) is 17.3 Å². The van der Waals surface area contributed by atoms with E-state index in [1.165, 1.54) is 4.57 Å². The molecule has 4 rings (SSSR count). The molecule has 12 heteroatoms. The number of hydrogen-bond acceptors (Lipinski definition) is 7. The van der Waals surface area contributed by atoms with E-state index in [4.69, 9.17) is 46.2 Å². The normalized spacial score (nSPS) is 26.2.